The maximum atomic E-state index is 12.9. The summed E-state index contributed by atoms with van der Waals surface area (Å²) < 4.78 is 25.8. The van der Waals surface area contributed by atoms with E-state index in [1.54, 1.807) is 6.92 Å². The second-order valence-electron chi connectivity index (χ2n) is 3.91. The van der Waals surface area contributed by atoms with Gasteiger partial charge in [0.1, 0.15) is 17.6 Å². The number of hydrogen-bond donors (Lipinski definition) is 1. The third-order valence-electron chi connectivity index (χ3n) is 2.52. The quantitative estimate of drug-likeness (QED) is 0.873. The molecular formula is C13H14F2N2O. The number of hydrogen-bond acceptors (Lipinski definition) is 2. The molecule has 0 spiro atoms. The van der Waals surface area contributed by atoms with Gasteiger partial charge in [0.05, 0.1) is 6.07 Å². The highest BCUT2D eigenvalue weighted by atomic mass is 19.1. The van der Waals surface area contributed by atoms with Crippen molar-refractivity contribution in [3.63, 3.8) is 0 Å². The van der Waals surface area contributed by atoms with Crippen LogP contribution >= 0.6 is 0 Å². The molecule has 0 fully saturated rings. The van der Waals surface area contributed by atoms with Crippen molar-refractivity contribution in [2.45, 2.75) is 19.8 Å². The first-order valence-electron chi connectivity index (χ1n) is 5.69. The molecule has 0 bridgehead atoms. The van der Waals surface area contributed by atoms with Gasteiger partial charge in [0, 0.05) is 12.6 Å². The molecule has 0 aliphatic heterocycles. The summed E-state index contributed by atoms with van der Waals surface area (Å²) >= 11 is 0. The molecule has 1 rings (SSSR count). The summed E-state index contributed by atoms with van der Waals surface area (Å²) in [5.41, 5.74) is 0.470. The Morgan fingerprint density at radius 2 is 2.00 bits per heavy atom. The fourth-order valence-corrected chi connectivity index (χ4v) is 1.54. The van der Waals surface area contributed by atoms with Gasteiger partial charge in [-0.2, -0.15) is 5.26 Å². The van der Waals surface area contributed by atoms with Crippen LogP contribution in [0.4, 0.5) is 8.78 Å². The standard InChI is InChI=1S/C13H14F2N2O/c1-2-10(8-16)13(18)17-4-3-9-5-11(14)7-12(15)6-9/h5-7,10H,2-4H2,1H3,(H,17,18). The molecule has 1 atom stereocenters. The predicted molar refractivity (Wildman–Crippen MR) is 62.5 cm³/mol. The molecule has 1 aromatic rings. The average Bonchev–Trinajstić information content (AvgIpc) is 2.29. The van der Waals surface area contributed by atoms with Crippen LogP contribution in [0.15, 0.2) is 18.2 Å². The molecule has 96 valence electrons. The topological polar surface area (TPSA) is 52.9 Å². The molecule has 1 unspecified atom stereocenters. The number of amides is 1. The van der Waals surface area contributed by atoms with E-state index in [2.05, 4.69) is 5.32 Å². The maximum absolute atomic E-state index is 12.9. The van der Waals surface area contributed by atoms with Crippen LogP contribution in [0.25, 0.3) is 0 Å². The third kappa shape index (κ3) is 4.13. The monoisotopic (exact) mass is 252 g/mol. The second kappa shape index (κ2) is 6.70. The van der Waals surface area contributed by atoms with E-state index in [-0.39, 0.29) is 12.5 Å². The van der Waals surface area contributed by atoms with Crippen molar-refractivity contribution in [1.29, 1.82) is 5.26 Å². The number of benzene rings is 1. The Balaban J connectivity index is 2.47. The summed E-state index contributed by atoms with van der Waals surface area (Å²) in [6, 6.07) is 5.12. The van der Waals surface area contributed by atoms with E-state index >= 15 is 0 Å². The minimum atomic E-state index is -0.672. The zero-order chi connectivity index (χ0) is 13.5. The van der Waals surface area contributed by atoms with Crippen LogP contribution in [0.5, 0.6) is 0 Å². The lowest BCUT2D eigenvalue weighted by atomic mass is 10.1. The van der Waals surface area contributed by atoms with Crippen molar-refractivity contribution < 1.29 is 13.6 Å². The van der Waals surface area contributed by atoms with Crippen LogP contribution in [0, 0.1) is 28.9 Å². The third-order valence-corrected chi connectivity index (χ3v) is 2.52. The lowest BCUT2D eigenvalue weighted by Gasteiger charge is -2.08. The van der Waals surface area contributed by atoms with Crippen molar-refractivity contribution in [3.8, 4) is 6.07 Å². The molecule has 1 amide bonds. The Labute approximate surface area is 104 Å². The molecule has 0 aromatic heterocycles. The molecule has 5 heteroatoms. The smallest absolute Gasteiger partial charge is 0.237 e. The van der Waals surface area contributed by atoms with Crippen molar-refractivity contribution in [2.75, 3.05) is 6.54 Å². The van der Waals surface area contributed by atoms with Crippen molar-refractivity contribution >= 4 is 5.91 Å². The van der Waals surface area contributed by atoms with Crippen LogP contribution in [-0.2, 0) is 11.2 Å². The van der Waals surface area contributed by atoms with Gasteiger partial charge in [-0.3, -0.25) is 4.79 Å². The van der Waals surface area contributed by atoms with Gasteiger partial charge in [-0.1, -0.05) is 6.92 Å². The molecule has 0 heterocycles. The van der Waals surface area contributed by atoms with Gasteiger partial charge in [0.15, 0.2) is 0 Å². The Bertz CT molecular complexity index is 448. The van der Waals surface area contributed by atoms with Gasteiger partial charge in [-0.15, -0.1) is 0 Å². The summed E-state index contributed by atoms with van der Waals surface area (Å²) in [4.78, 5) is 11.4. The molecule has 0 saturated carbocycles. The van der Waals surface area contributed by atoms with Gasteiger partial charge < -0.3 is 5.32 Å². The van der Waals surface area contributed by atoms with E-state index in [1.165, 1.54) is 12.1 Å². The molecule has 3 nitrogen and oxygen atoms in total. The van der Waals surface area contributed by atoms with E-state index < -0.39 is 17.6 Å². The number of nitrogens with zero attached hydrogens (tertiary/aromatic N) is 1. The average molecular weight is 252 g/mol. The first kappa shape index (κ1) is 14.1. The van der Waals surface area contributed by atoms with Crippen LogP contribution in [0.2, 0.25) is 0 Å². The minimum Gasteiger partial charge on any atom is -0.355 e. The Morgan fingerprint density at radius 3 is 2.50 bits per heavy atom. The zero-order valence-corrected chi connectivity index (χ0v) is 10.0. The SMILES string of the molecule is CCC(C#N)C(=O)NCCc1cc(F)cc(F)c1. The number of nitrogens with one attached hydrogen (secondary N) is 1. The highest BCUT2D eigenvalue weighted by Gasteiger charge is 2.14. The number of nitriles is 1. The number of carbonyl (C=O) groups is 1. The fraction of sp³-hybridized carbons (Fsp3) is 0.385. The lowest BCUT2D eigenvalue weighted by molar-refractivity contribution is -0.123. The largest absolute Gasteiger partial charge is 0.355 e. The minimum absolute atomic E-state index is 0.250. The Kier molecular flexibility index (Phi) is 5.25. The number of carbonyl (C=O) groups excluding carboxylic acids is 1. The van der Waals surface area contributed by atoms with Crippen LogP contribution in [-0.4, -0.2) is 12.5 Å². The summed E-state index contributed by atoms with van der Waals surface area (Å²) in [5.74, 6) is -2.30. The first-order valence-corrected chi connectivity index (χ1v) is 5.69. The van der Waals surface area contributed by atoms with E-state index in [0.29, 0.717) is 18.4 Å². The van der Waals surface area contributed by atoms with Crippen molar-refractivity contribution in [1.82, 2.24) is 5.32 Å². The normalized spacial score (nSPS) is 11.7. The fourth-order valence-electron chi connectivity index (χ4n) is 1.54. The van der Waals surface area contributed by atoms with Gasteiger partial charge in [-0.05, 0) is 30.5 Å². The predicted octanol–water partition coefficient (Wildman–Crippen LogP) is 2.17. The molecular weight excluding hydrogens is 238 g/mol. The second-order valence-corrected chi connectivity index (χ2v) is 3.91. The van der Waals surface area contributed by atoms with Crippen LogP contribution < -0.4 is 5.32 Å². The summed E-state index contributed by atoms with van der Waals surface area (Å²) in [5, 5.41) is 11.2. The number of halogens is 2. The molecule has 1 aromatic carbocycles. The van der Waals surface area contributed by atoms with Crippen molar-refractivity contribution in [2.24, 2.45) is 5.92 Å². The molecule has 18 heavy (non-hydrogen) atoms. The zero-order valence-electron chi connectivity index (χ0n) is 10.0. The lowest BCUT2D eigenvalue weighted by Crippen LogP contribution is -2.31. The molecule has 1 N–H and O–H groups in total. The summed E-state index contributed by atoms with van der Waals surface area (Å²) in [6.07, 6.45) is 0.763. The van der Waals surface area contributed by atoms with Crippen molar-refractivity contribution in [3.05, 3.63) is 35.4 Å². The van der Waals surface area contributed by atoms with Gasteiger partial charge in [0.2, 0.25) is 5.91 Å². The van der Waals surface area contributed by atoms with Gasteiger partial charge in [0.25, 0.3) is 0 Å². The summed E-state index contributed by atoms with van der Waals surface area (Å²) in [6.45, 7) is 2.00. The summed E-state index contributed by atoms with van der Waals surface area (Å²) in [7, 11) is 0. The highest BCUT2D eigenvalue weighted by molar-refractivity contribution is 5.80. The van der Waals surface area contributed by atoms with Crippen LogP contribution in [0.3, 0.4) is 0 Å². The molecule has 0 aliphatic carbocycles. The highest BCUT2D eigenvalue weighted by Crippen LogP contribution is 2.08. The van der Waals surface area contributed by atoms with E-state index in [9.17, 15) is 13.6 Å². The van der Waals surface area contributed by atoms with Gasteiger partial charge in [-0.25, -0.2) is 8.78 Å². The first-order chi connectivity index (χ1) is 8.56. The molecule has 0 radical (unpaired) electrons. The maximum Gasteiger partial charge on any atom is 0.237 e. The van der Waals surface area contributed by atoms with E-state index in [0.717, 1.165) is 6.07 Å². The van der Waals surface area contributed by atoms with E-state index in [4.69, 9.17) is 5.26 Å². The molecule has 0 saturated heterocycles. The van der Waals surface area contributed by atoms with Crippen LogP contribution in [0.1, 0.15) is 18.9 Å². The molecule has 0 aliphatic rings. The Hall–Kier alpha value is -1.96. The van der Waals surface area contributed by atoms with E-state index in [1.807, 2.05) is 6.07 Å². The Morgan fingerprint density at radius 1 is 1.39 bits per heavy atom. The number of rotatable bonds is 5. The van der Waals surface area contributed by atoms with Gasteiger partial charge >= 0.3 is 0 Å².